The molecule has 0 aliphatic rings. The molecule has 0 aliphatic carbocycles. The molecule has 0 saturated heterocycles. The summed E-state index contributed by atoms with van der Waals surface area (Å²) in [7, 11) is 0. The Morgan fingerprint density at radius 3 is 2.68 bits per heavy atom. The zero-order chi connectivity index (χ0) is 21.5. The Labute approximate surface area is 183 Å². The van der Waals surface area contributed by atoms with Crippen LogP contribution in [0.25, 0.3) is 11.3 Å². The van der Waals surface area contributed by atoms with Gasteiger partial charge in [-0.05, 0) is 48.5 Å². The van der Waals surface area contributed by atoms with Gasteiger partial charge in [-0.15, -0.1) is 0 Å². The fraction of sp³-hybridized carbons (Fsp3) is 0.0435. The van der Waals surface area contributed by atoms with Crippen molar-refractivity contribution in [1.82, 2.24) is 20.6 Å². The molecule has 8 heteroatoms. The number of carbonyl (C=O) groups is 1. The van der Waals surface area contributed by atoms with E-state index in [0.29, 0.717) is 34.5 Å². The highest BCUT2D eigenvalue weighted by Crippen LogP contribution is 2.23. The van der Waals surface area contributed by atoms with Crippen LogP contribution in [0, 0.1) is 0 Å². The summed E-state index contributed by atoms with van der Waals surface area (Å²) in [6, 6.07) is 22.1. The molecule has 0 fully saturated rings. The summed E-state index contributed by atoms with van der Waals surface area (Å²) in [5.74, 6) is 0.312. The van der Waals surface area contributed by atoms with Gasteiger partial charge in [0.25, 0.3) is 5.91 Å². The number of carbonyl (C=O) groups excluding carboxylic acids is 1. The average Bonchev–Trinajstić information content (AvgIpc) is 3.30. The van der Waals surface area contributed by atoms with Crippen LogP contribution in [0.4, 0.5) is 0 Å². The number of benzene rings is 2. The van der Waals surface area contributed by atoms with E-state index in [1.165, 1.54) is 6.21 Å². The van der Waals surface area contributed by atoms with E-state index in [0.717, 1.165) is 11.1 Å². The van der Waals surface area contributed by atoms with E-state index in [1.54, 1.807) is 24.4 Å². The third kappa shape index (κ3) is 5.34. The SMILES string of the molecule is O=C(N/N=C/c1ccccn1)c1cc(-c2ccc(OCc3ccccc3Cl)cc2)n[nH]1. The van der Waals surface area contributed by atoms with Crippen molar-refractivity contribution in [2.24, 2.45) is 5.10 Å². The van der Waals surface area contributed by atoms with Crippen molar-refractivity contribution < 1.29 is 9.53 Å². The van der Waals surface area contributed by atoms with Gasteiger partial charge in [0.2, 0.25) is 0 Å². The minimum absolute atomic E-state index is 0.298. The fourth-order valence-electron chi connectivity index (χ4n) is 2.75. The van der Waals surface area contributed by atoms with Crippen LogP contribution < -0.4 is 10.2 Å². The molecular weight excluding hydrogens is 414 g/mol. The van der Waals surface area contributed by atoms with Crippen molar-refractivity contribution in [2.45, 2.75) is 6.61 Å². The maximum atomic E-state index is 12.2. The monoisotopic (exact) mass is 431 g/mol. The lowest BCUT2D eigenvalue weighted by Gasteiger charge is -2.08. The highest BCUT2D eigenvalue weighted by molar-refractivity contribution is 6.31. The summed E-state index contributed by atoms with van der Waals surface area (Å²) in [5, 5.41) is 11.5. The lowest BCUT2D eigenvalue weighted by molar-refractivity contribution is 0.0950. The molecule has 0 saturated carbocycles. The van der Waals surface area contributed by atoms with Crippen LogP contribution in [0.3, 0.4) is 0 Å². The number of hydrogen-bond donors (Lipinski definition) is 2. The number of aromatic amines is 1. The van der Waals surface area contributed by atoms with Gasteiger partial charge in [-0.3, -0.25) is 14.9 Å². The molecule has 4 aromatic rings. The number of halogens is 1. The highest BCUT2D eigenvalue weighted by Gasteiger charge is 2.10. The summed E-state index contributed by atoms with van der Waals surface area (Å²) < 4.78 is 5.79. The third-order valence-corrected chi connectivity index (χ3v) is 4.74. The van der Waals surface area contributed by atoms with Crippen molar-refractivity contribution in [1.29, 1.82) is 0 Å². The Hall–Kier alpha value is -3.97. The normalized spacial score (nSPS) is 10.9. The molecule has 0 bridgehead atoms. The van der Waals surface area contributed by atoms with E-state index in [9.17, 15) is 4.79 Å². The number of hydrogen-bond acceptors (Lipinski definition) is 5. The molecule has 0 unspecified atom stereocenters. The van der Waals surface area contributed by atoms with E-state index in [-0.39, 0.29) is 0 Å². The number of hydrazone groups is 1. The number of nitrogens with one attached hydrogen (secondary N) is 2. The molecule has 154 valence electrons. The smallest absolute Gasteiger partial charge is 0.289 e. The average molecular weight is 432 g/mol. The zero-order valence-corrected chi connectivity index (χ0v) is 17.1. The summed E-state index contributed by atoms with van der Waals surface area (Å²) >= 11 is 6.15. The number of rotatable bonds is 7. The van der Waals surface area contributed by atoms with Gasteiger partial charge in [0.05, 0.1) is 17.6 Å². The molecule has 1 amide bonds. The molecule has 0 aliphatic heterocycles. The van der Waals surface area contributed by atoms with Gasteiger partial charge in [-0.2, -0.15) is 10.2 Å². The van der Waals surface area contributed by atoms with Crippen LogP contribution in [-0.2, 0) is 6.61 Å². The predicted octanol–water partition coefficient (Wildman–Crippen LogP) is 4.47. The van der Waals surface area contributed by atoms with Gasteiger partial charge in [0.15, 0.2) is 0 Å². The van der Waals surface area contributed by atoms with Crippen LogP contribution in [0.15, 0.2) is 84.1 Å². The standard InChI is InChI=1S/C23H18ClN5O2/c24-20-7-2-1-5-17(20)15-31-19-10-8-16(9-11-19)21-13-22(28-27-21)23(30)29-26-14-18-6-3-4-12-25-18/h1-14H,15H2,(H,27,28)(H,29,30)/b26-14+. The number of H-pyrrole nitrogens is 1. The predicted molar refractivity (Wildman–Crippen MR) is 119 cm³/mol. The highest BCUT2D eigenvalue weighted by atomic mass is 35.5. The second kappa shape index (κ2) is 9.69. The Kier molecular flexibility index (Phi) is 6.35. The Bertz CT molecular complexity index is 1190. The van der Waals surface area contributed by atoms with E-state index < -0.39 is 5.91 Å². The maximum Gasteiger partial charge on any atom is 0.289 e. The first-order valence-electron chi connectivity index (χ1n) is 9.45. The van der Waals surface area contributed by atoms with Crippen LogP contribution in [-0.4, -0.2) is 27.3 Å². The van der Waals surface area contributed by atoms with Gasteiger partial charge < -0.3 is 4.74 Å². The Morgan fingerprint density at radius 1 is 1.10 bits per heavy atom. The molecular formula is C23H18ClN5O2. The topological polar surface area (TPSA) is 92.3 Å². The Morgan fingerprint density at radius 2 is 1.90 bits per heavy atom. The largest absolute Gasteiger partial charge is 0.489 e. The van der Waals surface area contributed by atoms with Crippen LogP contribution in [0.5, 0.6) is 5.75 Å². The molecule has 2 aromatic heterocycles. The first-order chi connectivity index (χ1) is 15.2. The molecule has 2 heterocycles. The second-order valence-corrected chi connectivity index (χ2v) is 6.93. The van der Waals surface area contributed by atoms with E-state index in [2.05, 4.69) is 25.7 Å². The zero-order valence-electron chi connectivity index (χ0n) is 16.3. The van der Waals surface area contributed by atoms with Crippen molar-refractivity contribution in [3.05, 3.63) is 101 Å². The third-order valence-electron chi connectivity index (χ3n) is 4.38. The number of ether oxygens (including phenoxy) is 1. The molecule has 4 rings (SSSR count). The minimum Gasteiger partial charge on any atom is -0.489 e. The minimum atomic E-state index is -0.398. The maximum absolute atomic E-state index is 12.2. The first kappa shape index (κ1) is 20.3. The van der Waals surface area contributed by atoms with Crippen molar-refractivity contribution in [3.8, 4) is 17.0 Å². The van der Waals surface area contributed by atoms with Crippen LogP contribution >= 0.6 is 11.6 Å². The van der Waals surface area contributed by atoms with Crippen molar-refractivity contribution >= 4 is 23.7 Å². The molecule has 7 nitrogen and oxygen atoms in total. The molecule has 31 heavy (non-hydrogen) atoms. The molecule has 0 spiro atoms. The van der Waals surface area contributed by atoms with E-state index in [4.69, 9.17) is 16.3 Å². The van der Waals surface area contributed by atoms with Crippen molar-refractivity contribution in [3.63, 3.8) is 0 Å². The number of amides is 1. The first-order valence-corrected chi connectivity index (χ1v) is 9.83. The number of aromatic nitrogens is 3. The summed E-state index contributed by atoms with van der Waals surface area (Å²) in [4.78, 5) is 16.3. The van der Waals surface area contributed by atoms with Crippen LogP contribution in [0.1, 0.15) is 21.7 Å². The quantitative estimate of drug-likeness (QED) is 0.333. The van der Waals surface area contributed by atoms with Gasteiger partial charge >= 0.3 is 0 Å². The molecule has 2 N–H and O–H groups in total. The summed E-state index contributed by atoms with van der Waals surface area (Å²) in [6.07, 6.45) is 3.12. The van der Waals surface area contributed by atoms with Gasteiger partial charge in [0.1, 0.15) is 18.1 Å². The van der Waals surface area contributed by atoms with Gasteiger partial charge in [-0.1, -0.05) is 35.9 Å². The fourth-order valence-corrected chi connectivity index (χ4v) is 2.94. The summed E-state index contributed by atoms with van der Waals surface area (Å²) in [6.45, 7) is 0.380. The van der Waals surface area contributed by atoms with Crippen molar-refractivity contribution in [2.75, 3.05) is 0 Å². The lowest BCUT2D eigenvalue weighted by atomic mass is 10.1. The second-order valence-electron chi connectivity index (χ2n) is 6.53. The van der Waals surface area contributed by atoms with E-state index >= 15 is 0 Å². The van der Waals surface area contributed by atoms with Gasteiger partial charge in [-0.25, -0.2) is 5.43 Å². The Balaban J connectivity index is 1.35. The summed E-state index contributed by atoms with van der Waals surface area (Å²) in [5.41, 5.74) is 5.79. The molecule has 0 radical (unpaired) electrons. The molecule has 2 aromatic carbocycles. The lowest BCUT2D eigenvalue weighted by Crippen LogP contribution is -2.18. The van der Waals surface area contributed by atoms with E-state index in [1.807, 2.05) is 54.6 Å². The van der Waals surface area contributed by atoms with Crippen LogP contribution in [0.2, 0.25) is 5.02 Å². The number of nitrogens with zero attached hydrogens (tertiary/aromatic N) is 3. The van der Waals surface area contributed by atoms with Gasteiger partial charge in [0, 0.05) is 22.3 Å². The number of pyridine rings is 1. The molecule has 0 atom stereocenters.